The monoisotopic (exact) mass is 264 g/mol. The van der Waals surface area contributed by atoms with Gasteiger partial charge in [-0.15, -0.1) is 0 Å². The normalized spacial score (nSPS) is 23.2. The maximum atomic E-state index is 10.9. The van der Waals surface area contributed by atoms with E-state index in [0.717, 1.165) is 28.2 Å². The van der Waals surface area contributed by atoms with Crippen molar-refractivity contribution in [2.45, 2.75) is 18.9 Å². The first-order valence-electron chi connectivity index (χ1n) is 5.87. The second kappa shape index (κ2) is 5.59. The van der Waals surface area contributed by atoms with Crippen molar-refractivity contribution in [2.24, 2.45) is 0 Å². The first kappa shape index (κ1) is 13.2. The summed E-state index contributed by atoms with van der Waals surface area (Å²) in [7, 11) is 0. The molecule has 0 aromatic heterocycles. The highest BCUT2D eigenvalue weighted by molar-refractivity contribution is 7.99. The Bertz CT molecular complexity index is 464. The van der Waals surface area contributed by atoms with Gasteiger partial charge in [0, 0.05) is 11.5 Å². The van der Waals surface area contributed by atoms with Crippen LogP contribution in [0.5, 0.6) is 0 Å². The van der Waals surface area contributed by atoms with Crippen molar-refractivity contribution in [3.05, 3.63) is 41.0 Å². The zero-order valence-corrected chi connectivity index (χ0v) is 11.0. The first-order chi connectivity index (χ1) is 8.58. The standard InChI is InChI=1S/C14H16O3S/c1-9(14(16)17)11-4-2-10(3-5-11)6-12-7-18-8-13(12)15/h2-6,9,13,15H,7-8H2,1H3,(H,16,17)/b12-6+. The second-order valence-corrected chi connectivity index (χ2v) is 5.51. The van der Waals surface area contributed by atoms with E-state index >= 15 is 0 Å². The molecule has 0 spiro atoms. The number of rotatable bonds is 3. The lowest BCUT2D eigenvalue weighted by Crippen LogP contribution is -2.07. The summed E-state index contributed by atoms with van der Waals surface area (Å²) in [4.78, 5) is 10.9. The third kappa shape index (κ3) is 2.94. The van der Waals surface area contributed by atoms with Gasteiger partial charge in [0.2, 0.25) is 0 Å². The summed E-state index contributed by atoms with van der Waals surface area (Å²) in [6.07, 6.45) is 1.65. The molecule has 0 radical (unpaired) electrons. The molecule has 2 unspecified atom stereocenters. The molecule has 1 aliphatic rings. The Hall–Kier alpha value is -1.26. The van der Waals surface area contributed by atoms with E-state index in [2.05, 4.69) is 0 Å². The summed E-state index contributed by atoms with van der Waals surface area (Å²) in [6, 6.07) is 7.47. The summed E-state index contributed by atoms with van der Waals surface area (Å²) in [5, 5.41) is 18.6. The lowest BCUT2D eigenvalue weighted by molar-refractivity contribution is -0.138. The molecule has 2 atom stereocenters. The van der Waals surface area contributed by atoms with Gasteiger partial charge in [-0.2, -0.15) is 11.8 Å². The molecule has 1 fully saturated rings. The Morgan fingerprint density at radius 3 is 2.61 bits per heavy atom. The fraction of sp³-hybridized carbons (Fsp3) is 0.357. The van der Waals surface area contributed by atoms with E-state index in [0.29, 0.717) is 0 Å². The Balaban J connectivity index is 2.15. The first-order valence-corrected chi connectivity index (χ1v) is 7.02. The third-order valence-corrected chi connectivity index (χ3v) is 4.22. The van der Waals surface area contributed by atoms with Crippen molar-refractivity contribution in [1.29, 1.82) is 0 Å². The Morgan fingerprint density at radius 1 is 1.44 bits per heavy atom. The molecule has 2 N–H and O–H groups in total. The highest BCUT2D eigenvalue weighted by Gasteiger charge is 2.18. The van der Waals surface area contributed by atoms with Crippen LogP contribution >= 0.6 is 11.8 Å². The van der Waals surface area contributed by atoms with Crippen LogP contribution in [0.25, 0.3) is 6.08 Å². The molecule has 0 bridgehead atoms. The molecule has 1 saturated heterocycles. The number of aliphatic carboxylic acids is 1. The topological polar surface area (TPSA) is 57.5 Å². The minimum atomic E-state index is -0.816. The van der Waals surface area contributed by atoms with Crippen LogP contribution in [-0.4, -0.2) is 33.8 Å². The number of thioether (sulfide) groups is 1. The lowest BCUT2D eigenvalue weighted by Gasteiger charge is -2.07. The minimum Gasteiger partial charge on any atom is -0.481 e. The molecule has 1 aromatic rings. The average Bonchev–Trinajstić information content (AvgIpc) is 2.75. The summed E-state index contributed by atoms with van der Waals surface area (Å²) in [5.41, 5.74) is 2.85. The van der Waals surface area contributed by atoms with Gasteiger partial charge < -0.3 is 10.2 Å². The molecule has 18 heavy (non-hydrogen) atoms. The number of carbonyl (C=O) groups is 1. The largest absolute Gasteiger partial charge is 0.481 e. The highest BCUT2D eigenvalue weighted by atomic mass is 32.2. The number of carboxylic acids is 1. The van der Waals surface area contributed by atoms with Gasteiger partial charge in [-0.1, -0.05) is 30.3 Å². The van der Waals surface area contributed by atoms with Crippen LogP contribution in [0, 0.1) is 0 Å². The molecule has 4 heteroatoms. The Kier molecular flexibility index (Phi) is 4.09. The van der Waals surface area contributed by atoms with E-state index in [-0.39, 0.29) is 6.10 Å². The van der Waals surface area contributed by atoms with E-state index in [1.807, 2.05) is 30.3 Å². The van der Waals surface area contributed by atoms with E-state index in [9.17, 15) is 9.90 Å². The summed E-state index contributed by atoms with van der Waals surface area (Å²) in [5.74, 6) is 0.331. The van der Waals surface area contributed by atoms with E-state index < -0.39 is 11.9 Å². The van der Waals surface area contributed by atoms with Gasteiger partial charge in [0.05, 0.1) is 12.0 Å². The van der Waals surface area contributed by atoms with Crippen molar-refractivity contribution in [3.8, 4) is 0 Å². The van der Waals surface area contributed by atoms with Crippen LogP contribution in [0.1, 0.15) is 24.0 Å². The number of aliphatic hydroxyl groups is 1. The lowest BCUT2D eigenvalue weighted by atomic mass is 9.99. The summed E-state index contributed by atoms with van der Waals surface area (Å²) in [6.45, 7) is 1.67. The molecule has 0 saturated carbocycles. The quantitative estimate of drug-likeness (QED) is 0.880. The van der Waals surface area contributed by atoms with Crippen molar-refractivity contribution in [2.75, 3.05) is 11.5 Å². The number of hydrogen-bond acceptors (Lipinski definition) is 3. The van der Waals surface area contributed by atoms with E-state index in [4.69, 9.17) is 5.11 Å². The van der Waals surface area contributed by atoms with Crippen molar-refractivity contribution >= 4 is 23.8 Å². The van der Waals surface area contributed by atoms with Crippen LogP contribution in [0.15, 0.2) is 29.8 Å². The van der Waals surface area contributed by atoms with Crippen LogP contribution in [0.4, 0.5) is 0 Å². The molecule has 96 valence electrons. The predicted octanol–water partition coefficient (Wildman–Crippen LogP) is 2.37. The third-order valence-electron chi connectivity index (χ3n) is 3.13. The van der Waals surface area contributed by atoms with Gasteiger partial charge in [0.25, 0.3) is 0 Å². The maximum Gasteiger partial charge on any atom is 0.310 e. The zero-order valence-electron chi connectivity index (χ0n) is 10.2. The van der Waals surface area contributed by atoms with Crippen molar-refractivity contribution < 1.29 is 15.0 Å². The molecule has 0 aliphatic carbocycles. The van der Waals surface area contributed by atoms with Crippen LogP contribution < -0.4 is 0 Å². The van der Waals surface area contributed by atoms with Gasteiger partial charge in [-0.25, -0.2) is 0 Å². The molecule has 1 aromatic carbocycles. The smallest absolute Gasteiger partial charge is 0.310 e. The van der Waals surface area contributed by atoms with Gasteiger partial charge in [0.15, 0.2) is 0 Å². The number of hydrogen-bond donors (Lipinski definition) is 2. The number of aliphatic hydroxyl groups excluding tert-OH is 1. The second-order valence-electron chi connectivity index (χ2n) is 4.48. The molecule has 0 amide bonds. The minimum absolute atomic E-state index is 0.340. The SMILES string of the molecule is CC(C(=O)O)c1ccc(/C=C2\CSCC2O)cc1. The predicted molar refractivity (Wildman–Crippen MR) is 73.8 cm³/mol. The van der Waals surface area contributed by atoms with E-state index in [1.165, 1.54) is 0 Å². The van der Waals surface area contributed by atoms with Crippen LogP contribution in [-0.2, 0) is 4.79 Å². The number of carboxylic acid groups (broad SMARTS) is 1. The van der Waals surface area contributed by atoms with E-state index in [1.54, 1.807) is 18.7 Å². The summed E-state index contributed by atoms with van der Waals surface area (Å²) < 4.78 is 0. The van der Waals surface area contributed by atoms with Gasteiger partial charge in [-0.3, -0.25) is 4.79 Å². The van der Waals surface area contributed by atoms with Crippen LogP contribution in [0.2, 0.25) is 0 Å². The van der Waals surface area contributed by atoms with Crippen molar-refractivity contribution in [3.63, 3.8) is 0 Å². The van der Waals surface area contributed by atoms with Gasteiger partial charge >= 0.3 is 5.97 Å². The maximum absolute atomic E-state index is 10.9. The molecule has 1 heterocycles. The Labute approximate surface area is 111 Å². The fourth-order valence-corrected chi connectivity index (χ4v) is 2.93. The molecule has 1 aliphatic heterocycles. The van der Waals surface area contributed by atoms with Crippen molar-refractivity contribution in [1.82, 2.24) is 0 Å². The number of benzene rings is 1. The van der Waals surface area contributed by atoms with Gasteiger partial charge in [0.1, 0.15) is 0 Å². The highest BCUT2D eigenvalue weighted by Crippen LogP contribution is 2.26. The average molecular weight is 264 g/mol. The van der Waals surface area contributed by atoms with Crippen LogP contribution in [0.3, 0.4) is 0 Å². The zero-order chi connectivity index (χ0) is 13.1. The molecule has 2 rings (SSSR count). The molecular formula is C14H16O3S. The van der Waals surface area contributed by atoms with Gasteiger partial charge in [-0.05, 0) is 23.6 Å². The molecule has 3 nitrogen and oxygen atoms in total. The molecular weight excluding hydrogens is 248 g/mol. The summed E-state index contributed by atoms with van der Waals surface area (Å²) >= 11 is 1.73. The Morgan fingerprint density at radius 2 is 2.11 bits per heavy atom. The fourth-order valence-electron chi connectivity index (χ4n) is 1.87.